The number of carbonyl (C=O) groups is 2. The quantitative estimate of drug-likeness (QED) is 0.361. The number of carbonyl (C=O) groups excluding carboxylic acids is 2. The molecule has 0 aliphatic carbocycles. The molecule has 1 aromatic carbocycles. The number of aryl methyl sites for hydroxylation is 1. The van der Waals surface area contributed by atoms with Crippen molar-refractivity contribution >= 4 is 33.9 Å². The van der Waals surface area contributed by atoms with E-state index in [1.807, 2.05) is 34.6 Å². The van der Waals surface area contributed by atoms with E-state index in [1.165, 1.54) is 12.1 Å². The Morgan fingerprint density at radius 2 is 1.94 bits per heavy atom. The number of nitrogens with one attached hydrogen (secondary N) is 2. The number of esters is 1. The predicted octanol–water partition coefficient (Wildman–Crippen LogP) is 4.67. The Morgan fingerprint density at radius 3 is 2.67 bits per heavy atom. The molecule has 36 heavy (non-hydrogen) atoms. The van der Waals surface area contributed by atoms with Crippen molar-refractivity contribution in [3.05, 3.63) is 42.0 Å². The number of halogens is 1. The molecule has 190 valence electrons. The first kappa shape index (κ1) is 25.3. The summed E-state index contributed by atoms with van der Waals surface area (Å²) in [6.07, 6.45) is 4.60. The van der Waals surface area contributed by atoms with Crippen LogP contribution in [0.1, 0.15) is 64.2 Å². The summed E-state index contributed by atoms with van der Waals surface area (Å²) in [6, 6.07) is 4.45. The van der Waals surface area contributed by atoms with E-state index in [0.717, 1.165) is 5.39 Å². The van der Waals surface area contributed by atoms with Gasteiger partial charge in [-0.3, -0.25) is 14.3 Å². The minimum absolute atomic E-state index is 0.256. The highest BCUT2D eigenvalue weighted by atomic mass is 19.1. The highest BCUT2D eigenvalue weighted by Crippen LogP contribution is 2.28. The summed E-state index contributed by atoms with van der Waals surface area (Å²) < 4.78 is 20.7. The topological polar surface area (TPSA) is 115 Å². The molecular formula is C26H31FN6O3. The number of ether oxygens (including phenoxy) is 1. The van der Waals surface area contributed by atoms with Crippen LogP contribution < -0.4 is 5.32 Å². The van der Waals surface area contributed by atoms with E-state index < -0.39 is 11.1 Å². The van der Waals surface area contributed by atoms with Crippen molar-refractivity contribution < 1.29 is 18.7 Å². The molecule has 0 aliphatic rings. The van der Waals surface area contributed by atoms with E-state index in [9.17, 15) is 14.0 Å². The Balaban J connectivity index is 1.52. The molecule has 2 N–H and O–H groups in total. The Morgan fingerprint density at radius 1 is 1.19 bits per heavy atom. The van der Waals surface area contributed by atoms with E-state index in [0.29, 0.717) is 46.5 Å². The zero-order chi connectivity index (χ0) is 26.3. The van der Waals surface area contributed by atoms with Gasteiger partial charge in [0.25, 0.3) is 5.91 Å². The van der Waals surface area contributed by atoms with Gasteiger partial charge in [-0.15, -0.1) is 0 Å². The third-order valence-electron chi connectivity index (χ3n) is 5.74. The lowest BCUT2D eigenvalue weighted by Crippen LogP contribution is -2.43. The fraction of sp³-hybridized carbons (Fsp3) is 0.423. The van der Waals surface area contributed by atoms with Crippen molar-refractivity contribution in [2.45, 2.75) is 65.0 Å². The standard InChI is InChI=1S/C26H31FN6O3/c1-25(2,3)36-20(34)8-7-11-26(4,5)31-24(35)17-13-28-23-22(17)30-18(14-29-23)21-16-10-9-15(27)12-19(16)33(6)32-21/h9-10,12-14H,7-8,11H2,1-6H3,(H,28,29)(H,31,35). The molecule has 0 bridgehead atoms. The highest BCUT2D eigenvalue weighted by molar-refractivity contribution is 6.05. The lowest BCUT2D eigenvalue weighted by atomic mass is 9.96. The van der Waals surface area contributed by atoms with Crippen LogP contribution in [0.5, 0.6) is 0 Å². The molecule has 3 heterocycles. The van der Waals surface area contributed by atoms with Crippen LogP contribution in [0.2, 0.25) is 0 Å². The molecule has 0 saturated heterocycles. The molecule has 0 saturated carbocycles. The van der Waals surface area contributed by atoms with Crippen LogP contribution in [-0.4, -0.2) is 47.7 Å². The van der Waals surface area contributed by atoms with Crippen LogP contribution in [-0.2, 0) is 16.6 Å². The lowest BCUT2D eigenvalue weighted by Gasteiger charge is -2.26. The fourth-order valence-electron chi connectivity index (χ4n) is 4.10. The number of hydrogen-bond donors (Lipinski definition) is 2. The molecule has 0 aliphatic heterocycles. The summed E-state index contributed by atoms with van der Waals surface area (Å²) in [5.41, 5.74) is 1.82. The van der Waals surface area contributed by atoms with Crippen LogP contribution in [0.3, 0.4) is 0 Å². The average molecular weight is 495 g/mol. The summed E-state index contributed by atoms with van der Waals surface area (Å²) >= 11 is 0. The van der Waals surface area contributed by atoms with Gasteiger partial charge in [0.2, 0.25) is 0 Å². The second-order valence-electron chi connectivity index (χ2n) is 10.6. The Bertz CT molecular complexity index is 1450. The second kappa shape index (κ2) is 9.33. The summed E-state index contributed by atoms with van der Waals surface area (Å²) in [7, 11) is 1.73. The van der Waals surface area contributed by atoms with E-state index in [4.69, 9.17) is 4.74 Å². The number of fused-ring (bicyclic) bond motifs is 2. The third kappa shape index (κ3) is 5.53. The molecule has 0 atom stereocenters. The Labute approximate surface area is 208 Å². The number of H-pyrrole nitrogens is 1. The Kier molecular flexibility index (Phi) is 6.55. The molecular weight excluding hydrogens is 463 g/mol. The van der Waals surface area contributed by atoms with Crippen LogP contribution in [0.4, 0.5) is 4.39 Å². The van der Waals surface area contributed by atoms with Crippen LogP contribution in [0, 0.1) is 5.82 Å². The molecule has 1 amide bonds. The monoisotopic (exact) mass is 494 g/mol. The van der Waals surface area contributed by atoms with Gasteiger partial charge < -0.3 is 15.0 Å². The first-order valence-electron chi connectivity index (χ1n) is 11.8. The molecule has 0 unspecified atom stereocenters. The third-order valence-corrected chi connectivity index (χ3v) is 5.74. The SMILES string of the molecule is Cn1nc(-c2cnc3[nH]cc(C(=O)NC(C)(C)CCCC(=O)OC(C)(C)C)c3n2)c2ccc(F)cc21. The first-order valence-corrected chi connectivity index (χ1v) is 11.8. The van der Waals surface area contributed by atoms with Gasteiger partial charge in [0.15, 0.2) is 5.65 Å². The summed E-state index contributed by atoms with van der Waals surface area (Å²) in [5.74, 6) is -0.909. The van der Waals surface area contributed by atoms with Gasteiger partial charge in [-0.25, -0.2) is 14.4 Å². The van der Waals surface area contributed by atoms with Gasteiger partial charge in [-0.2, -0.15) is 5.10 Å². The van der Waals surface area contributed by atoms with Crippen LogP contribution in [0.25, 0.3) is 33.5 Å². The highest BCUT2D eigenvalue weighted by Gasteiger charge is 2.25. The number of aromatic amines is 1. The lowest BCUT2D eigenvalue weighted by molar-refractivity contribution is -0.154. The van der Waals surface area contributed by atoms with Gasteiger partial charge in [0, 0.05) is 30.6 Å². The number of benzene rings is 1. The first-order chi connectivity index (χ1) is 16.8. The smallest absolute Gasteiger partial charge is 0.306 e. The number of amides is 1. The normalized spacial score (nSPS) is 12.3. The molecule has 0 fully saturated rings. The summed E-state index contributed by atoms with van der Waals surface area (Å²) in [6.45, 7) is 9.32. The number of aromatic nitrogens is 5. The van der Waals surface area contributed by atoms with Crippen LogP contribution >= 0.6 is 0 Å². The van der Waals surface area contributed by atoms with Crippen molar-refractivity contribution in [1.82, 2.24) is 30.0 Å². The van der Waals surface area contributed by atoms with Gasteiger partial charge in [0.1, 0.15) is 28.3 Å². The van der Waals surface area contributed by atoms with Crippen molar-refractivity contribution in [2.75, 3.05) is 0 Å². The zero-order valence-electron chi connectivity index (χ0n) is 21.4. The fourth-order valence-corrected chi connectivity index (χ4v) is 4.10. The van der Waals surface area contributed by atoms with E-state index in [2.05, 4.69) is 25.4 Å². The average Bonchev–Trinajstić information content (AvgIpc) is 3.32. The molecule has 4 aromatic rings. The largest absolute Gasteiger partial charge is 0.460 e. The van der Waals surface area contributed by atoms with Gasteiger partial charge in [-0.1, -0.05) is 0 Å². The maximum Gasteiger partial charge on any atom is 0.306 e. The van der Waals surface area contributed by atoms with Crippen molar-refractivity contribution in [1.29, 1.82) is 0 Å². The van der Waals surface area contributed by atoms with E-state index in [-0.39, 0.29) is 24.1 Å². The van der Waals surface area contributed by atoms with E-state index in [1.54, 1.807) is 30.2 Å². The molecule has 0 spiro atoms. The summed E-state index contributed by atoms with van der Waals surface area (Å²) in [4.78, 5) is 37.2. The molecule has 4 rings (SSSR count). The minimum Gasteiger partial charge on any atom is -0.460 e. The summed E-state index contributed by atoms with van der Waals surface area (Å²) in [5, 5.41) is 8.26. The maximum atomic E-state index is 13.7. The minimum atomic E-state index is -0.561. The number of nitrogens with zero attached hydrogens (tertiary/aromatic N) is 4. The van der Waals surface area contributed by atoms with Crippen molar-refractivity contribution in [3.63, 3.8) is 0 Å². The Hall–Kier alpha value is -3.82. The molecule has 3 aromatic heterocycles. The molecule has 0 radical (unpaired) electrons. The van der Waals surface area contributed by atoms with Crippen molar-refractivity contribution in [2.24, 2.45) is 7.05 Å². The number of rotatable bonds is 7. The number of hydrogen-bond acceptors (Lipinski definition) is 6. The van der Waals surface area contributed by atoms with Gasteiger partial charge in [-0.05, 0) is 65.7 Å². The van der Waals surface area contributed by atoms with E-state index >= 15 is 0 Å². The van der Waals surface area contributed by atoms with Gasteiger partial charge in [0.05, 0.1) is 17.3 Å². The van der Waals surface area contributed by atoms with Crippen LogP contribution in [0.15, 0.2) is 30.6 Å². The van der Waals surface area contributed by atoms with Gasteiger partial charge >= 0.3 is 5.97 Å². The molecule has 10 heteroatoms. The van der Waals surface area contributed by atoms with Crippen molar-refractivity contribution in [3.8, 4) is 11.4 Å². The predicted molar refractivity (Wildman–Crippen MR) is 135 cm³/mol. The maximum absolute atomic E-state index is 13.7. The zero-order valence-corrected chi connectivity index (χ0v) is 21.4. The molecule has 9 nitrogen and oxygen atoms in total. The second-order valence-corrected chi connectivity index (χ2v) is 10.6.